The molecule has 0 bridgehead atoms. The predicted octanol–water partition coefficient (Wildman–Crippen LogP) is 4.97. The summed E-state index contributed by atoms with van der Waals surface area (Å²) in [4.78, 5) is 12.9. The van der Waals surface area contributed by atoms with E-state index in [0.717, 1.165) is 19.3 Å². The molecule has 1 N–H and O–H groups in total. The van der Waals surface area contributed by atoms with Gasteiger partial charge in [0.15, 0.2) is 11.5 Å². The van der Waals surface area contributed by atoms with Gasteiger partial charge in [0, 0.05) is 12.1 Å². The zero-order valence-electron chi connectivity index (χ0n) is 17.9. The number of halogens is 2. The van der Waals surface area contributed by atoms with Crippen molar-refractivity contribution in [2.75, 3.05) is 26.1 Å². The van der Waals surface area contributed by atoms with Crippen molar-refractivity contribution >= 4 is 44.8 Å². The smallest absolute Gasteiger partial charge is 0.243 e. The third-order valence-electron chi connectivity index (χ3n) is 5.47. The average molecular weight is 501 g/mol. The van der Waals surface area contributed by atoms with E-state index >= 15 is 0 Å². The highest BCUT2D eigenvalue weighted by Crippen LogP contribution is 2.34. The largest absolute Gasteiger partial charge is 0.493 e. The van der Waals surface area contributed by atoms with Crippen molar-refractivity contribution in [1.29, 1.82) is 0 Å². The van der Waals surface area contributed by atoms with Crippen LogP contribution in [0.4, 0.5) is 5.69 Å². The maximum absolute atomic E-state index is 13.6. The number of amides is 1. The van der Waals surface area contributed by atoms with Crippen LogP contribution >= 0.6 is 23.2 Å². The van der Waals surface area contributed by atoms with Crippen molar-refractivity contribution in [1.82, 2.24) is 4.31 Å². The van der Waals surface area contributed by atoms with E-state index in [0.29, 0.717) is 35.1 Å². The topological polar surface area (TPSA) is 84.9 Å². The summed E-state index contributed by atoms with van der Waals surface area (Å²) in [6.07, 6.45) is 4.25. The third kappa shape index (κ3) is 5.49. The Morgan fingerprint density at radius 3 is 2.41 bits per heavy atom. The maximum atomic E-state index is 13.6. The molecule has 0 radical (unpaired) electrons. The Balaban J connectivity index is 1.91. The Morgan fingerprint density at radius 2 is 1.75 bits per heavy atom. The fraction of sp³-hybridized carbons (Fsp3) is 0.409. The first kappa shape index (κ1) is 24.6. The Hall–Kier alpha value is -2.00. The van der Waals surface area contributed by atoms with E-state index in [1.165, 1.54) is 36.7 Å². The van der Waals surface area contributed by atoms with Gasteiger partial charge in [-0.25, -0.2) is 8.42 Å². The summed E-state index contributed by atoms with van der Waals surface area (Å²) in [5.41, 5.74) is 0.330. The van der Waals surface area contributed by atoms with Gasteiger partial charge in [-0.2, -0.15) is 4.31 Å². The van der Waals surface area contributed by atoms with Crippen LogP contribution < -0.4 is 14.8 Å². The molecule has 2 aromatic carbocycles. The minimum Gasteiger partial charge on any atom is -0.493 e. The number of benzene rings is 2. The summed E-state index contributed by atoms with van der Waals surface area (Å²) in [6.45, 7) is -0.343. The lowest BCUT2D eigenvalue weighted by Crippen LogP contribution is -2.45. The first-order valence-electron chi connectivity index (χ1n) is 10.3. The minimum absolute atomic E-state index is 0.0364. The number of rotatable bonds is 8. The van der Waals surface area contributed by atoms with E-state index in [-0.39, 0.29) is 22.5 Å². The quantitative estimate of drug-likeness (QED) is 0.552. The van der Waals surface area contributed by atoms with Gasteiger partial charge in [0.1, 0.15) is 0 Å². The fourth-order valence-corrected chi connectivity index (χ4v) is 5.83. The van der Waals surface area contributed by atoms with Gasteiger partial charge in [0.05, 0.1) is 41.4 Å². The highest BCUT2D eigenvalue weighted by Gasteiger charge is 2.34. The molecule has 1 saturated carbocycles. The van der Waals surface area contributed by atoms with Gasteiger partial charge in [-0.3, -0.25) is 4.79 Å². The Kier molecular flexibility index (Phi) is 8.27. The lowest BCUT2D eigenvalue weighted by molar-refractivity contribution is -0.116. The van der Waals surface area contributed by atoms with Crippen molar-refractivity contribution in [3.63, 3.8) is 0 Å². The number of carbonyl (C=O) groups excluding carboxylic acids is 1. The normalized spacial score (nSPS) is 14.9. The maximum Gasteiger partial charge on any atom is 0.243 e. The lowest BCUT2D eigenvalue weighted by atomic mass is 9.95. The molecule has 0 saturated heterocycles. The lowest BCUT2D eigenvalue weighted by Gasteiger charge is -2.33. The molecule has 32 heavy (non-hydrogen) atoms. The summed E-state index contributed by atoms with van der Waals surface area (Å²) < 4.78 is 39.0. The molecule has 0 unspecified atom stereocenters. The van der Waals surface area contributed by atoms with Crippen molar-refractivity contribution in [3.05, 3.63) is 46.4 Å². The zero-order chi connectivity index (χ0) is 23.3. The molecule has 2 aromatic rings. The molecule has 1 aliphatic carbocycles. The zero-order valence-corrected chi connectivity index (χ0v) is 20.3. The molecule has 174 valence electrons. The third-order valence-corrected chi connectivity index (χ3v) is 8.18. The molecule has 0 aromatic heterocycles. The van der Waals surface area contributed by atoms with Gasteiger partial charge in [-0.1, -0.05) is 48.5 Å². The number of hydrogen-bond acceptors (Lipinski definition) is 5. The van der Waals surface area contributed by atoms with E-state index in [2.05, 4.69) is 5.32 Å². The molecule has 7 nitrogen and oxygen atoms in total. The van der Waals surface area contributed by atoms with Crippen LogP contribution in [-0.4, -0.2) is 45.4 Å². The van der Waals surface area contributed by atoms with Crippen LogP contribution in [0.1, 0.15) is 32.1 Å². The summed E-state index contributed by atoms with van der Waals surface area (Å²) in [5.74, 6) is 0.222. The summed E-state index contributed by atoms with van der Waals surface area (Å²) in [7, 11) is -1.07. The Labute approximate surface area is 198 Å². The number of methoxy groups -OCH3 is 2. The molecular formula is C22H26Cl2N2O5S. The van der Waals surface area contributed by atoms with Gasteiger partial charge in [-0.15, -0.1) is 0 Å². The van der Waals surface area contributed by atoms with Crippen molar-refractivity contribution < 1.29 is 22.7 Å². The van der Waals surface area contributed by atoms with Gasteiger partial charge < -0.3 is 14.8 Å². The summed E-state index contributed by atoms with van der Waals surface area (Å²) >= 11 is 12.2. The molecule has 0 aliphatic heterocycles. The molecule has 0 atom stereocenters. The molecular weight excluding hydrogens is 475 g/mol. The molecule has 10 heteroatoms. The Bertz CT molecular complexity index is 1070. The molecule has 0 heterocycles. The molecule has 3 rings (SSSR count). The number of sulfonamides is 1. The number of nitrogens with one attached hydrogen (secondary N) is 1. The standard InChI is InChI=1S/C22H26Cl2N2O5S/c1-30-19-12-11-16(13-20(19)31-2)32(28,29)26(15-7-4-3-5-8-15)14-21(27)25-18-10-6-9-17(23)22(18)24/h6,9-13,15H,3-5,7-8,14H2,1-2H3,(H,25,27). The summed E-state index contributed by atoms with van der Waals surface area (Å²) in [6, 6.07) is 9.01. The van der Waals surface area contributed by atoms with Crippen LogP contribution in [0.5, 0.6) is 11.5 Å². The predicted molar refractivity (Wildman–Crippen MR) is 125 cm³/mol. The van der Waals surface area contributed by atoms with E-state index in [9.17, 15) is 13.2 Å². The number of carbonyl (C=O) groups is 1. The minimum atomic E-state index is -3.99. The van der Waals surface area contributed by atoms with Crippen LogP contribution in [0.2, 0.25) is 10.0 Å². The van der Waals surface area contributed by atoms with E-state index in [4.69, 9.17) is 32.7 Å². The Morgan fingerprint density at radius 1 is 1.06 bits per heavy atom. The number of ether oxygens (including phenoxy) is 2. The molecule has 1 amide bonds. The van der Waals surface area contributed by atoms with Gasteiger partial charge in [0.25, 0.3) is 0 Å². The van der Waals surface area contributed by atoms with Crippen LogP contribution in [-0.2, 0) is 14.8 Å². The van der Waals surface area contributed by atoms with Gasteiger partial charge in [-0.05, 0) is 37.1 Å². The second kappa shape index (κ2) is 10.7. The highest BCUT2D eigenvalue weighted by molar-refractivity contribution is 7.89. The monoisotopic (exact) mass is 500 g/mol. The molecule has 0 spiro atoms. The van der Waals surface area contributed by atoms with E-state index < -0.39 is 15.9 Å². The SMILES string of the molecule is COc1ccc(S(=O)(=O)N(CC(=O)Nc2cccc(Cl)c2Cl)C2CCCCC2)cc1OC. The first-order chi connectivity index (χ1) is 15.3. The number of nitrogens with zero attached hydrogens (tertiary/aromatic N) is 1. The fourth-order valence-electron chi connectivity index (χ4n) is 3.82. The first-order valence-corrected chi connectivity index (χ1v) is 12.4. The number of hydrogen-bond donors (Lipinski definition) is 1. The van der Waals surface area contributed by atoms with Crippen LogP contribution in [0.15, 0.2) is 41.3 Å². The molecule has 1 fully saturated rings. The second-order valence-corrected chi connectivity index (χ2v) is 10.2. The van der Waals surface area contributed by atoms with Crippen LogP contribution in [0.25, 0.3) is 0 Å². The van der Waals surface area contributed by atoms with E-state index in [1.54, 1.807) is 18.2 Å². The molecule has 1 aliphatic rings. The highest BCUT2D eigenvalue weighted by atomic mass is 35.5. The second-order valence-electron chi connectivity index (χ2n) is 7.51. The van der Waals surface area contributed by atoms with Crippen LogP contribution in [0.3, 0.4) is 0 Å². The van der Waals surface area contributed by atoms with Crippen LogP contribution in [0, 0.1) is 0 Å². The number of anilines is 1. The van der Waals surface area contributed by atoms with Gasteiger partial charge >= 0.3 is 0 Å². The van der Waals surface area contributed by atoms with E-state index in [1.807, 2.05) is 0 Å². The van der Waals surface area contributed by atoms with Crippen molar-refractivity contribution in [2.24, 2.45) is 0 Å². The van der Waals surface area contributed by atoms with Crippen molar-refractivity contribution in [3.8, 4) is 11.5 Å². The van der Waals surface area contributed by atoms with Crippen molar-refractivity contribution in [2.45, 2.75) is 43.0 Å². The average Bonchev–Trinajstić information content (AvgIpc) is 2.80. The van der Waals surface area contributed by atoms with Gasteiger partial charge in [0.2, 0.25) is 15.9 Å². The summed E-state index contributed by atoms with van der Waals surface area (Å²) in [5, 5.41) is 3.18.